The largest absolute Gasteiger partial charge is 0.493 e. The maximum absolute atomic E-state index is 12.9. The molecule has 2 N–H and O–H groups in total. The maximum atomic E-state index is 12.9. The van der Waals surface area contributed by atoms with Crippen molar-refractivity contribution in [3.8, 4) is 11.5 Å². The quantitative estimate of drug-likeness (QED) is 0.253. The predicted molar refractivity (Wildman–Crippen MR) is 159 cm³/mol. The van der Waals surface area contributed by atoms with E-state index in [1.807, 2.05) is 0 Å². The zero-order valence-electron chi connectivity index (χ0n) is 20.7. The fourth-order valence-electron chi connectivity index (χ4n) is 3.51. The number of rotatable bonds is 9. The van der Waals surface area contributed by atoms with Crippen molar-refractivity contribution < 1.29 is 28.7 Å². The zero-order chi connectivity index (χ0) is 28.8. The molecular weight excluding hydrogens is 645 g/mol. The third kappa shape index (κ3) is 7.57. The number of anilines is 2. The van der Waals surface area contributed by atoms with Crippen molar-refractivity contribution in [2.75, 3.05) is 30.9 Å². The number of ether oxygens (including phenoxy) is 2. The van der Waals surface area contributed by atoms with Crippen molar-refractivity contribution >= 4 is 91.3 Å². The average Bonchev–Trinajstić information content (AvgIpc) is 3.17. The van der Waals surface area contributed by atoms with Crippen molar-refractivity contribution in [3.05, 3.63) is 85.7 Å². The molecule has 0 bridgehead atoms. The molecule has 0 atom stereocenters. The first-order chi connectivity index (χ1) is 19.1. The summed E-state index contributed by atoms with van der Waals surface area (Å²) in [7, 11) is 1.43. The first kappa shape index (κ1) is 29.5. The van der Waals surface area contributed by atoms with E-state index < -0.39 is 29.5 Å². The van der Waals surface area contributed by atoms with E-state index in [1.165, 1.54) is 13.2 Å². The molecule has 3 aromatic rings. The Bertz CT molecular complexity index is 1530. The van der Waals surface area contributed by atoms with Crippen LogP contribution in [0.15, 0.2) is 70.0 Å². The Hall–Kier alpha value is -3.51. The predicted octanol–water partition coefficient (Wildman–Crippen LogP) is 6.46. The van der Waals surface area contributed by atoms with Crippen molar-refractivity contribution in [1.82, 2.24) is 4.90 Å². The van der Waals surface area contributed by atoms with E-state index in [2.05, 4.69) is 26.6 Å². The molecule has 1 fully saturated rings. The van der Waals surface area contributed by atoms with Crippen LogP contribution >= 0.6 is 50.9 Å². The fourth-order valence-corrected chi connectivity index (χ4v) is 4.96. The van der Waals surface area contributed by atoms with Crippen LogP contribution in [-0.2, 0) is 14.4 Å². The highest BCUT2D eigenvalue weighted by molar-refractivity contribution is 9.10. The van der Waals surface area contributed by atoms with Gasteiger partial charge in [0.25, 0.3) is 17.1 Å². The van der Waals surface area contributed by atoms with E-state index in [0.29, 0.717) is 43.0 Å². The lowest BCUT2D eigenvalue weighted by Gasteiger charge is -2.13. The molecular formula is C27H20BrCl2N3O6S. The smallest absolute Gasteiger partial charge is 0.294 e. The van der Waals surface area contributed by atoms with Gasteiger partial charge < -0.3 is 20.1 Å². The maximum Gasteiger partial charge on any atom is 0.294 e. The van der Waals surface area contributed by atoms with Crippen LogP contribution in [0.5, 0.6) is 11.5 Å². The van der Waals surface area contributed by atoms with Gasteiger partial charge >= 0.3 is 0 Å². The number of imide groups is 1. The van der Waals surface area contributed by atoms with Crippen molar-refractivity contribution in [2.24, 2.45) is 0 Å². The average molecular weight is 665 g/mol. The van der Waals surface area contributed by atoms with E-state index in [0.717, 1.165) is 16.7 Å². The Morgan fingerprint density at radius 2 is 1.73 bits per heavy atom. The number of thioether (sulfide) groups is 1. The van der Waals surface area contributed by atoms with Gasteiger partial charge in [-0.2, -0.15) is 0 Å². The number of carbonyl (C=O) groups is 4. The fraction of sp³-hybridized carbons (Fsp3) is 0.111. The van der Waals surface area contributed by atoms with E-state index >= 15 is 0 Å². The Balaban J connectivity index is 1.38. The molecule has 0 spiro atoms. The molecule has 13 heteroatoms. The minimum atomic E-state index is -0.597. The van der Waals surface area contributed by atoms with Crippen LogP contribution in [-0.4, -0.2) is 48.1 Å². The topological polar surface area (TPSA) is 114 Å². The number of hydrogen-bond donors (Lipinski definition) is 2. The molecule has 0 aromatic heterocycles. The van der Waals surface area contributed by atoms with Crippen LogP contribution < -0.4 is 20.1 Å². The molecule has 1 aliphatic rings. The van der Waals surface area contributed by atoms with Gasteiger partial charge in [0, 0.05) is 20.9 Å². The molecule has 206 valence electrons. The number of benzene rings is 3. The van der Waals surface area contributed by atoms with Gasteiger partial charge in [-0.25, -0.2) is 0 Å². The third-order valence-electron chi connectivity index (χ3n) is 5.33. The summed E-state index contributed by atoms with van der Waals surface area (Å²) in [5.74, 6) is -0.929. The summed E-state index contributed by atoms with van der Waals surface area (Å²) < 4.78 is 11.7. The normalized spacial score (nSPS) is 13.9. The van der Waals surface area contributed by atoms with E-state index in [9.17, 15) is 19.2 Å². The van der Waals surface area contributed by atoms with Crippen LogP contribution in [0.4, 0.5) is 16.2 Å². The second-order valence-corrected chi connectivity index (χ2v) is 10.9. The third-order valence-corrected chi connectivity index (χ3v) is 7.71. The molecule has 1 heterocycles. The molecule has 0 radical (unpaired) electrons. The minimum Gasteiger partial charge on any atom is -0.493 e. The van der Waals surface area contributed by atoms with Gasteiger partial charge in [-0.1, -0.05) is 35.3 Å². The molecule has 0 unspecified atom stereocenters. The molecule has 0 saturated carbocycles. The summed E-state index contributed by atoms with van der Waals surface area (Å²) in [6, 6.07) is 16.4. The van der Waals surface area contributed by atoms with Crippen LogP contribution in [0.1, 0.15) is 5.56 Å². The number of nitrogens with zero attached hydrogens (tertiary/aromatic N) is 1. The monoisotopic (exact) mass is 663 g/mol. The summed E-state index contributed by atoms with van der Waals surface area (Å²) in [5, 5.41) is 5.62. The second-order valence-electron chi connectivity index (χ2n) is 8.20. The van der Waals surface area contributed by atoms with Crippen LogP contribution in [0.3, 0.4) is 0 Å². The lowest BCUT2D eigenvalue weighted by atomic mass is 10.2. The van der Waals surface area contributed by atoms with Crippen molar-refractivity contribution in [2.45, 2.75) is 0 Å². The first-order valence-electron chi connectivity index (χ1n) is 11.5. The van der Waals surface area contributed by atoms with E-state index in [-0.39, 0.29) is 11.5 Å². The highest BCUT2D eigenvalue weighted by Crippen LogP contribution is 2.34. The van der Waals surface area contributed by atoms with Gasteiger partial charge in [0.2, 0.25) is 5.91 Å². The standard InChI is InChI=1S/C27H20BrCl2N3O6S/c1-38-22-9-15(5-8-21(22)39-14-25(35)32-18-6-7-19(28)20(30)12-18)10-23-26(36)33(27(37)40-23)13-24(34)31-17-4-2-3-16(29)11-17/h2-12H,13-14H2,1H3,(H,31,34)(H,32,35)/b23-10+. The zero-order valence-corrected chi connectivity index (χ0v) is 24.6. The lowest BCUT2D eigenvalue weighted by Crippen LogP contribution is -2.36. The van der Waals surface area contributed by atoms with E-state index in [4.69, 9.17) is 32.7 Å². The summed E-state index contributed by atoms with van der Waals surface area (Å²) in [4.78, 5) is 51.0. The number of carbonyl (C=O) groups excluding carboxylic acids is 4. The van der Waals surface area contributed by atoms with Gasteiger partial charge in [0.1, 0.15) is 6.54 Å². The second kappa shape index (κ2) is 13.2. The lowest BCUT2D eigenvalue weighted by molar-refractivity contribution is -0.127. The van der Waals surface area contributed by atoms with E-state index in [1.54, 1.807) is 60.7 Å². The van der Waals surface area contributed by atoms with Crippen LogP contribution in [0.25, 0.3) is 6.08 Å². The highest BCUT2D eigenvalue weighted by atomic mass is 79.9. The summed E-state index contributed by atoms with van der Waals surface area (Å²) >= 11 is 16.0. The Morgan fingerprint density at radius 3 is 2.45 bits per heavy atom. The molecule has 3 aromatic carbocycles. The molecule has 40 heavy (non-hydrogen) atoms. The van der Waals surface area contributed by atoms with Crippen molar-refractivity contribution in [1.29, 1.82) is 0 Å². The number of hydrogen-bond acceptors (Lipinski definition) is 7. The van der Waals surface area contributed by atoms with Gasteiger partial charge in [-0.05, 0) is 87.9 Å². The SMILES string of the molecule is COc1cc(/C=C2/SC(=O)N(CC(=O)Nc3cccc(Cl)c3)C2=O)ccc1OCC(=O)Nc1ccc(Br)c(Cl)c1. The molecule has 4 amide bonds. The molecule has 4 rings (SSSR count). The molecule has 1 saturated heterocycles. The number of halogens is 3. The Labute approximate surface area is 251 Å². The Morgan fingerprint density at radius 1 is 0.975 bits per heavy atom. The number of nitrogens with one attached hydrogen (secondary N) is 2. The molecule has 0 aliphatic carbocycles. The number of amides is 4. The van der Waals surface area contributed by atoms with Crippen LogP contribution in [0.2, 0.25) is 10.0 Å². The minimum absolute atomic E-state index is 0.142. The highest BCUT2D eigenvalue weighted by Gasteiger charge is 2.36. The summed E-state index contributed by atoms with van der Waals surface area (Å²) in [5.41, 5.74) is 1.51. The summed E-state index contributed by atoms with van der Waals surface area (Å²) in [6.45, 7) is -0.737. The van der Waals surface area contributed by atoms with Crippen molar-refractivity contribution in [3.63, 3.8) is 0 Å². The van der Waals surface area contributed by atoms with Crippen LogP contribution in [0, 0.1) is 0 Å². The van der Waals surface area contributed by atoms with Gasteiger partial charge in [0.05, 0.1) is 17.0 Å². The van der Waals surface area contributed by atoms with Gasteiger partial charge in [-0.3, -0.25) is 24.1 Å². The summed E-state index contributed by atoms with van der Waals surface area (Å²) in [6.07, 6.45) is 1.51. The molecule has 1 aliphatic heterocycles. The number of methoxy groups -OCH3 is 1. The van der Waals surface area contributed by atoms with Gasteiger partial charge in [-0.15, -0.1) is 0 Å². The Kier molecular flexibility index (Phi) is 9.75. The van der Waals surface area contributed by atoms with Gasteiger partial charge in [0.15, 0.2) is 18.1 Å². The first-order valence-corrected chi connectivity index (χ1v) is 13.9. The molecule has 9 nitrogen and oxygen atoms in total.